The van der Waals surface area contributed by atoms with Crippen LogP contribution in [0.25, 0.3) is 0 Å². The van der Waals surface area contributed by atoms with Crippen LogP contribution in [0.3, 0.4) is 0 Å². The van der Waals surface area contributed by atoms with E-state index in [-0.39, 0.29) is 11.7 Å². The Bertz CT molecular complexity index is 111. The van der Waals surface area contributed by atoms with E-state index in [1.807, 2.05) is 0 Å². The van der Waals surface area contributed by atoms with Crippen LogP contribution in [-0.4, -0.2) is 12.0 Å². The molecule has 0 N–H and O–H groups in total. The number of carbonyl (C=O) groups is 1. The van der Waals surface area contributed by atoms with Crippen LogP contribution in [0.5, 0.6) is 0 Å². The number of ketones is 1. The number of Topliss-reactive ketones (excluding diaryl/α,β-unsaturated/α-hetero) is 1. The minimum absolute atomic E-state index is 0.0810. The summed E-state index contributed by atoms with van der Waals surface area (Å²) in [5.41, 5.74) is 0. The Morgan fingerprint density at radius 2 is 2.38 bits per heavy atom. The van der Waals surface area contributed by atoms with Crippen molar-refractivity contribution in [2.75, 3.05) is 0 Å². The largest absolute Gasteiger partial charge is 0.299 e. The molecule has 2 heteroatoms. The molecule has 1 fully saturated rings. The van der Waals surface area contributed by atoms with Crippen molar-refractivity contribution in [3.05, 3.63) is 0 Å². The summed E-state index contributed by atoms with van der Waals surface area (Å²) in [6.45, 7) is 1.77. The zero-order chi connectivity index (χ0) is 6.15. The van der Waals surface area contributed by atoms with E-state index in [2.05, 4.69) is 0 Å². The van der Waals surface area contributed by atoms with Crippen molar-refractivity contribution in [3.63, 3.8) is 0 Å². The summed E-state index contributed by atoms with van der Waals surface area (Å²) >= 11 is 0. The number of rotatable bonds is 2. The molecule has 1 rings (SSSR count). The number of halogens is 1. The van der Waals surface area contributed by atoms with E-state index >= 15 is 0 Å². The van der Waals surface area contributed by atoms with Crippen molar-refractivity contribution in [3.8, 4) is 0 Å². The number of hydrogen-bond acceptors (Lipinski definition) is 1. The van der Waals surface area contributed by atoms with Gasteiger partial charge in [0.25, 0.3) is 0 Å². The first kappa shape index (κ1) is 5.73. The van der Waals surface area contributed by atoms with Crippen molar-refractivity contribution in [1.82, 2.24) is 0 Å². The molecule has 8 heavy (non-hydrogen) atoms. The molecule has 1 nitrogen and oxygen atoms in total. The molecule has 1 aliphatic carbocycles. The van der Waals surface area contributed by atoms with Crippen molar-refractivity contribution in [2.24, 2.45) is 5.92 Å². The quantitative estimate of drug-likeness (QED) is 0.531. The van der Waals surface area contributed by atoms with Gasteiger partial charge in [-0.05, 0) is 6.42 Å². The van der Waals surface area contributed by atoms with Gasteiger partial charge >= 0.3 is 0 Å². The van der Waals surface area contributed by atoms with Gasteiger partial charge in [0.15, 0.2) is 0 Å². The van der Waals surface area contributed by atoms with Gasteiger partial charge in [-0.3, -0.25) is 4.79 Å². The van der Waals surface area contributed by atoms with E-state index in [1.165, 1.54) is 0 Å². The van der Waals surface area contributed by atoms with E-state index in [0.29, 0.717) is 12.8 Å². The molecule has 0 radical (unpaired) electrons. The predicted molar refractivity (Wildman–Crippen MR) is 28.3 cm³/mol. The Kier molecular flexibility index (Phi) is 1.32. The number of carbonyl (C=O) groups excluding carboxylic acids is 1. The van der Waals surface area contributed by atoms with Gasteiger partial charge in [0.1, 0.15) is 12.0 Å². The molecule has 0 amide bonds. The summed E-state index contributed by atoms with van der Waals surface area (Å²) in [5, 5.41) is 0. The first-order valence-corrected chi connectivity index (χ1v) is 2.92. The first-order valence-electron chi connectivity index (χ1n) is 2.92. The second-order valence-electron chi connectivity index (χ2n) is 2.18. The van der Waals surface area contributed by atoms with Crippen LogP contribution >= 0.6 is 0 Å². The highest BCUT2D eigenvalue weighted by Crippen LogP contribution is 2.35. The molecule has 0 heterocycles. The van der Waals surface area contributed by atoms with Crippen molar-refractivity contribution in [1.29, 1.82) is 0 Å². The number of hydrogen-bond donors (Lipinski definition) is 0. The third kappa shape index (κ3) is 0.881. The average Bonchev–Trinajstić information content (AvgIpc) is 2.45. The molecule has 1 aliphatic rings. The highest BCUT2D eigenvalue weighted by Gasteiger charge is 2.42. The smallest absolute Gasteiger partial charge is 0.138 e. The Morgan fingerprint density at radius 3 is 2.50 bits per heavy atom. The maximum Gasteiger partial charge on any atom is 0.138 e. The van der Waals surface area contributed by atoms with Gasteiger partial charge in [0, 0.05) is 6.42 Å². The van der Waals surface area contributed by atoms with E-state index in [4.69, 9.17) is 0 Å². The molecule has 0 spiro atoms. The minimum Gasteiger partial charge on any atom is -0.299 e. The SMILES string of the molecule is CCC(=O)C1CC1F. The van der Waals surface area contributed by atoms with Crippen molar-refractivity contribution in [2.45, 2.75) is 25.9 Å². The second-order valence-corrected chi connectivity index (χ2v) is 2.18. The maximum absolute atomic E-state index is 12.0. The normalized spacial score (nSPS) is 34.8. The van der Waals surface area contributed by atoms with Crippen LogP contribution in [0.4, 0.5) is 4.39 Å². The van der Waals surface area contributed by atoms with Gasteiger partial charge in [0.2, 0.25) is 0 Å². The van der Waals surface area contributed by atoms with Crippen LogP contribution in [0, 0.1) is 5.92 Å². The van der Waals surface area contributed by atoms with E-state index in [9.17, 15) is 9.18 Å². The fourth-order valence-electron chi connectivity index (χ4n) is 0.759. The van der Waals surface area contributed by atoms with Crippen LogP contribution in [-0.2, 0) is 4.79 Å². The number of alkyl halides is 1. The van der Waals surface area contributed by atoms with E-state index < -0.39 is 6.17 Å². The molecule has 0 aromatic rings. The summed E-state index contributed by atoms with van der Waals surface area (Å²) in [6, 6.07) is 0. The summed E-state index contributed by atoms with van der Waals surface area (Å²) < 4.78 is 12.0. The average molecular weight is 116 g/mol. The van der Waals surface area contributed by atoms with E-state index in [0.717, 1.165) is 0 Å². The zero-order valence-electron chi connectivity index (χ0n) is 4.86. The molecule has 46 valence electrons. The fraction of sp³-hybridized carbons (Fsp3) is 0.833. The van der Waals surface area contributed by atoms with Gasteiger partial charge in [-0.25, -0.2) is 4.39 Å². The Balaban J connectivity index is 2.28. The molecule has 0 saturated heterocycles. The predicted octanol–water partition coefficient (Wildman–Crippen LogP) is 1.32. The molecule has 1 saturated carbocycles. The van der Waals surface area contributed by atoms with Gasteiger partial charge < -0.3 is 0 Å². The lowest BCUT2D eigenvalue weighted by atomic mass is 10.2. The second kappa shape index (κ2) is 1.84. The van der Waals surface area contributed by atoms with Crippen LogP contribution in [0.2, 0.25) is 0 Å². The Labute approximate surface area is 47.9 Å². The molecule has 2 unspecified atom stereocenters. The zero-order valence-corrected chi connectivity index (χ0v) is 4.86. The maximum atomic E-state index is 12.0. The molecular formula is C6H9FO. The lowest BCUT2D eigenvalue weighted by Crippen LogP contribution is -1.98. The Hall–Kier alpha value is -0.400. The third-order valence-corrected chi connectivity index (χ3v) is 1.47. The van der Waals surface area contributed by atoms with Gasteiger partial charge in [-0.1, -0.05) is 6.92 Å². The monoisotopic (exact) mass is 116 g/mol. The van der Waals surface area contributed by atoms with Crippen molar-refractivity contribution >= 4 is 5.78 Å². The molecule has 0 aromatic heterocycles. The standard InChI is InChI=1S/C6H9FO/c1-2-6(8)4-3-5(4)7/h4-5H,2-3H2,1H3. The van der Waals surface area contributed by atoms with Crippen LogP contribution in [0.1, 0.15) is 19.8 Å². The highest BCUT2D eigenvalue weighted by atomic mass is 19.1. The van der Waals surface area contributed by atoms with Crippen LogP contribution < -0.4 is 0 Å². The summed E-state index contributed by atoms with van der Waals surface area (Å²) in [4.78, 5) is 10.5. The molecule has 0 bridgehead atoms. The third-order valence-electron chi connectivity index (χ3n) is 1.47. The van der Waals surface area contributed by atoms with Gasteiger partial charge in [-0.2, -0.15) is 0 Å². The van der Waals surface area contributed by atoms with Gasteiger partial charge in [0.05, 0.1) is 5.92 Å². The van der Waals surface area contributed by atoms with Gasteiger partial charge in [-0.15, -0.1) is 0 Å². The lowest BCUT2D eigenvalue weighted by Gasteiger charge is -1.85. The van der Waals surface area contributed by atoms with Crippen molar-refractivity contribution < 1.29 is 9.18 Å². The Morgan fingerprint density at radius 1 is 1.88 bits per heavy atom. The summed E-state index contributed by atoms with van der Waals surface area (Å²) in [6.07, 6.45) is 0.167. The highest BCUT2D eigenvalue weighted by molar-refractivity contribution is 5.83. The fourth-order valence-corrected chi connectivity index (χ4v) is 0.759. The molecular weight excluding hydrogens is 107 g/mol. The summed E-state index contributed by atoms with van der Waals surface area (Å²) in [7, 11) is 0. The molecule has 2 atom stereocenters. The topological polar surface area (TPSA) is 17.1 Å². The minimum atomic E-state index is -0.803. The molecule has 0 aliphatic heterocycles. The summed E-state index contributed by atoms with van der Waals surface area (Å²) in [5.74, 6) is -0.141. The first-order chi connectivity index (χ1) is 3.75. The lowest BCUT2D eigenvalue weighted by molar-refractivity contribution is -0.120. The molecule has 0 aromatic carbocycles. The van der Waals surface area contributed by atoms with E-state index in [1.54, 1.807) is 6.92 Å². The van der Waals surface area contributed by atoms with Crippen LogP contribution in [0.15, 0.2) is 0 Å².